The molecule has 2 rings (SSSR count). The van der Waals surface area contributed by atoms with Crippen molar-refractivity contribution in [2.24, 2.45) is 17.8 Å². The van der Waals surface area contributed by atoms with Crippen molar-refractivity contribution in [1.82, 2.24) is 0 Å². The lowest BCUT2D eigenvalue weighted by atomic mass is 9.91. The van der Waals surface area contributed by atoms with E-state index in [0.717, 1.165) is 21.7 Å². The van der Waals surface area contributed by atoms with Crippen molar-refractivity contribution in [2.75, 3.05) is 0 Å². The van der Waals surface area contributed by atoms with Crippen molar-refractivity contribution < 1.29 is 0 Å². The lowest BCUT2D eigenvalue weighted by molar-refractivity contribution is 0.378. The van der Waals surface area contributed by atoms with Crippen LogP contribution in [-0.4, -0.2) is 3.92 Å². The van der Waals surface area contributed by atoms with E-state index in [4.69, 9.17) is 0 Å². The highest BCUT2D eigenvalue weighted by atomic mass is 127. The summed E-state index contributed by atoms with van der Waals surface area (Å²) in [6, 6.07) is 0. The first-order valence-corrected chi connectivity index (χ1v) is 5.16. The summed E-state index contributed by atoms with van der Waals surface area (Å²) in [6.07, 6.45) is 4.61. The normalized spacial score (nSPS) is 56.7. The summed E-state index contributed by atoms with van der Waals surface area (Å²) < 4.78 is 1.02. The molecule has 2 aliphatic carbocycles. The van der Waals surface area contributed by atoms with Gasteiger partial charge in [-0.1, -0.05) is 29.5 Å². The molecule has 0 amide bonds. The van der Waals surface area contributed by atoms with Gasteiger partial charge in [-0.2, -0.15) is 0 Å². The van der Waals surface area contributed by atoms with Gasteiger partial charge in [0.15, 0.2) is 0 Å². The van der Waals surface area contributed by atoms with E-state index >= 15 is 0 Å². The SMILES string of the molecule is C[C@@H]1CC2CC1[C@@H](I)C2. The molecule has 0 nitrogen and oxygen atoms in total. The Hall–Kier alpha value is 0.730. The Morgan fingerprint density at radius 3 is 2.33 bits per heavy atom. The van der Waals surface area contributed by atoms with Crippen molar-refractivity contribution in [2.45, 2.75) is 30.1 Å². The molecule has 2 saturated carbocycles. The van der Waals surface area contributed by atoms with Gasteiger partial charge in [0.1, 0.15) is 0 Å². The van der Waals surface area contributed by atoms with Gasteiger partial charge in [-0.3, -0.25) is 0 Å². The van der Waals surface area contributed by atoms with E-state index in [9.17, 15) is 0 Å². The van der Waals surface area contributed by atoms with E-state index in [1.54, 1.807) is 6.42 Å². The summed E-state index contributed by atoms with van der Waals surface area (Å²) >= 11 is 2.64. The number of hydrogen-bond acceptors (Lipinski definition) is 0. The molecule has 0 aromatic rings. The van der Waals surface area contributed by atoms with Gasteiger partial charge in [-0.25, -0.2) is 0 Å². The van der Waals surface area contributed by atoms with Gasteiger partial charge < -0.3 is 0 Å². The number of fused-ring (bicyclic) bond motifs is 2. The lowest BCUT2D eigenvalue weighted by Crippen LogP contribution is -2.16. The van der Waals surface area contributed by atoms with Crippen LogP contribution in [0.3, 0.4) is 0 Å². The minimum atomic E-state index is 1.02. The minimum Gasteiger partial charge on any atom is -0.0823 e. The summed E-state index contributed by atoms with van der Waals surface area (Å²) in [5, 5.41) is 0. The predicted molar refractivity (Wildman–Crippen MR) is 47.8 cm³/mol. The second-order valence-electron chi connectivity index (χ2n) is 3.73. The molecule has 9 heavy (non-hydrogen) atoms. The van der Waals surface area contributed by atoms with Crippen molar-refractivity contribution in [3.63, 3.8) is 0 Å². The van der Waals surface area contributed by atoms with Crippen LogP contribution in [-0.2, 0) is 0 Å². The molecule has 0 heterocycles. The van der Waals surface area contributed by atoms with Crippen LogP contribution in [0.2, 0.25) is 0 Å². The van der Waals surface area contributed by atoms with Crippen molar-refractivity contribution in [1.29, 1.82) is 0 Å². The average Bonchev–Trinajstić information content (AvgIpc) is 2.22. The fourth-order valence-electron chi connectivity index (χ4n) is 2.60. The van der Waals surface area contributed by atoms with Gasteiger partial charge in [0, 0.05) is 3.92 Å². The molecule has 1 heteroatoms. The molecule has 2 fully saturated rings. The quantitative estimate of drug-likeness (QED) is 0.448. The fraction of sp³-hybridized carbons (Fsp3) is 1.00. The van der Waals surface area contributed by atoms with Crippen LogP contribution in [0.4, 0.5) is 0 Å². The largest absolute Gasteiger partial charge is 0.0823 e. The maximum absolute atomic E-state index is 2.64. The molecule has 4 atom stereocenters. The zero-order valence-electron chi connectivity index (χ0n) is 5.81. The van der Waals surface area contributed by atoms with Crippen LogP contribution >= 0.6 is 22.6 Å². The van der Waals surface area contributed by atoms with Crippen molar-refractivity contribution in [3.8, 4) is 0 Å². The molecular formula is C8H13I. The van der Waals surface area contributed by atoms with Gasteiger partial charge in [0.25, 0.3) is 0 Å². The molecule has 0 radical (unpaired) electrons. The van der Waals surface area contributed by atoms with Crippen molar-refractivity contribution >= 4 is 22.6 Å². The molecule has 0 spiro atoms. The Labute approximate surface area is 70.5 Å². The van der Waals surface area contributed by atoms with Crippen LogP contribution in [0, 0.1) is 17.8 Å². The average molecular weight is 236 g/mol. The summed E-state index contributed by atoms with van der Waals surface area (Å²) in [5.74, 6) is 3.26. The maximum Gasteiger partial charge on any atom is 0.0143 e. The first kappa shape index (κ1) is 6.44. The van der Waals surface area contributed by atoms with Crippen LogP contribution in [0.25, 0.3) is 0 Å². The third-order valence-electron chi connectivity index (χ3n) is 3.06. The number of alkyl halides is 1. The standard InChI is InChI=1S/C8H13I/c1-5-2-6-3-7(5)8(9)4-6/h5-8H,2-4H2,1H3/t5-,6?,7?,8+/m1/s1. The monoisotopic (exact) mass is 236 g/mol. The van der Waals surface area contributed by atoms with E-state index in [2.05, 4.69) is 29.5 Å². The molecule has 2 aliphatic rings. The molecule has 52 valence electrons. The van der Waals surface area contributed by atoms with Gasteiger partial charge in [-0.05, 0) is 37.0 Å². The Balaban J connectivity index is 2.13. The number of rotatable bonds is 0. The maximum atomic E-state index is 2.64. The van der Waals surface area contributed by atoms with Gasteiger partial charge >= 0.3 is 0 Å². The number of halogens is 1. The predicted octanol–water partition coefficient (Wildman–Crippen LogP) is 2.86. The smallest absolute Gasteiger partial charge is 0.0143 e. The molecular weight excluding hydrogens is 223 g/mol. The molecule has 0 N–H and O–H groups in total. The molecule has 0 aromatic carbocycles. The first-order valence-electron chi connectivity index (χ1n) is 3.91. The second-order valence-corrected chi connectivity index (χ2v) is 5.33. The highest BCUT2D eigenvalue weighted by molar-refractivity contribution is 14.1. The van der Waals surface area contributed by atoms with E-state index in [0.29, 0.717) is 0 Å². The summed E-state index contributed by atoms with van der Waals surface area (Å²) in [5.41, 5.74) is 0. The van der Waals surface area contributed by atoms with E-state index in [-0.39, 0.29) is 0 Å². The molecule has 2 bridgehead atoms. The van der Waals surface area contributed by atoms with Gasteiger partial charge in [0.2, 0.25) is 0 Å². The minimum absolute atomic E-state index is 1.02. The Morgan fingerprint density at radius 2 is 2.00 bits per heavy atom. The van der Waals surface area contributed by atoms with Crippen LogP contribution in [0.5, 0.6) is 0 Å². The highest BCUT2D eigenvalue weighted by Gasteiger charge is 2.42. The Bertz CT molecular complexity index is 110. The second kappa shape index (κ2) is 2.11. The summed E-state index contributed by atoms with van der Waals surface area (Å²) in [4.78, 5) is 0. The van der Waals surface area contributed by atoms with E-state index in [1.165, 1.54) is 12.8 Å². The van der Waals surface area contributed by atoms with E-state index in [1.807, 2.05) is 0 Å². The molecule has 2 unspecified atom stereocenters. The summed E-state index contributed by atoms with van der Waals surface area (Å²) in [7, 11) is 0. The van der Waals surface area contributed by atoms with E-state index < -0.39 is 0 Å². The first-order chi connectivity index (χ1) is 4.27. The third kappa shape index (κ3) is 0.920. The van der Waals surface area contributed by atoms with Crippen molar-refractivity contribution in [3.05, 3.63) is 0 Å². The van der Waals surface area contributed by atoms with Gasteiger partial charge in [-0.15, -0.1) is 0 Å². The topological polar surface area (TPSA) is 0 Å². The lowest BCUT2D eigenvalue weighted by Gasteiger charge is -2.21. The Kier molecular flexibility index (Phi) is 1.51. The zero-order chi connectivity index (χ0) is 6.43. The van der Waals surface area contributed by atoms with Crippen LogP contribution in [0.1, 0.15) is 26.2 Å². The zero-order valence-corrected chi connectivity index (χ0v) is 7.97. The number of hydrogen-bond donors (Lipinski definition) is 0. The van der Waals surface area contributed by atoms with Crippen LogP contribution in [0.15, 0.2) is 0 Å². The summed E-state index contributed by atoms with van der Waals surface area (Å²) in [6.45, 7) is 2.43. The fourth-order valence-corrected chi connectivity index (χ4v) is 4.33. The molecule has 0 aromatic heterocycles. The molecule has 0 aliphatic heterocycles. The third-order valence-corrected chi connectivity index (χ3v) is 4.50. The van der Waals surface area contributed by atoms with Crippen LogP contribution < -0.4 is 0 Å². The van der Waals surface area contributed by atoms with Gasteiger partial charge in [0.05, 0.1) is 0 Å². The molecule has 0 saturated heterocycles. The Morgan fingerprint density at radius 1 is 1.22 bits per heavy atom. The highest BCUT2D eigenvalue weighted by Crippen LogP contribution is 2.51.